The number of carbonyl (C=O) groups is 1. The number of methoxy groups -OCH3 is 2. The highest BCUT2D eigenvalue weighted by atomic mass is 19.3. The molecule has 0 saturated carbocycles. The SMILES string of the molecule is COC(=O)c1ccc(OC(F)F)c(C#Cc2cnc(N)nc2OC)c1. The maximum atomic E-state index is 12.5. The smallest absolute Gasteiger partial charge is 0.387 e. The molecule has 0 radical (unpaired) electrons. The Morgan fingerprint density at radius 2 is 1.96 bits per heavy atom. The van der Waals surface area contributed by atoms with E-state index in [1.165, 1.54) is 38.6 Å². The van der Waals surface area contributed by atoms with Crippen molar-refractivity contribution < 1.29 is 27.8 Å². The van der Waals surface area contributed by atoms with Gasteiger partial charge in [-0.2, -0.15) is 13.8 Å². The van der Waals surface area contributed by atoms with Gasteiger partial charge in [0.15, 0.2) is 0 Å². The fourth-order valence-corrected chi connectivity index (χ4v) is 1.83. The predicted octanol–water partition coefficient (Wildman–Crippen LogP) is 1.86. The Morgan fingerprint density at radius 1 is 1.24 bits per heavy atom. The molecule has 1 aromatic heterocycles. The van der Waals surface area contributed by atoms with Gasteiger partial charge in [-0.1, -0.05) is 11.8 Å². The zero-order chi connectivity index (χ0) is 18.4. The van der Waals surface area contributed by atoms with Crippen LogP contribution in [0.4, 0.5) is 14.7 Å². The zero-order valence-electron chi connectivity index (χ0n) is 13.2. The topological polar surface area (TPSA) is 96.6 Å². The minimum Gasteiger partial charge on any atom is -0.480 e. The fourth-order valence-electron chi connectivity index (χ4n) is 1.83. The number of nitrogen functional groups attached to an aromatic ring is 1. The minimum atomic E-state index is -3.04. The molecule has 0 saturated heterocycles. The Kier molecular flexibility index (Phi) is 5.68. The molecule has 0 aliphatic carbocycles. The van der Waals surface area contributed by atoms with E-state index < -0.39 is 12.6 Å². The lowest BCUT2D eigenvalue weighted by molar-refractivity contribution is -0.0500. The summed E-state index contributed by atoms with van der Waals surface area (Å²) in [7, 11) is 2.57. The Hall–Kier alpha value is -3.41. The van der Waals surface area contributed by atoms with E-state index in [2.05, 4.69) is 31.3 Å². The molecule has 2 N–H and O–H groups in total. The molecule has 2 rings (SSSR count). The van der Waals surface area contributed by atoms with Gasteiger partial charge in [0, 0.05) is 0 Å². The number of carbonyl (C=O) groups excluding carboxylic acids is 1. The van der Waals surface area contributed by atoms with E-state index in [1.807, 2.05) is 0 Å². The highest BCUT2D eigenvalue weighted by Crippen LogP contribution is 2.22. The number of esters is 1. The molecular formula is C16H13F2N3O4. The third-order valence-electron chi connectivity index (χ3n) is 2.91. The van der Waals surface area contributed by atoms with E-state index in [4.69, 9.17) is 10.5 Å². The standard InChI is InChI=1S/C16H13F2N3O4/c1-23-13-11(8-20-16(19)21-13)4-3-9-7-10(14(22)24-2)5-6-12(9)25-15(17)18/h5-8,15H,1-2H3,(H2,19,20,21). The van der Waals surface area contributed by atoms with Gasteiger partial charge in [0.05, 0.1) is 31.5 Å². The summed E-state index contributed by atoms with van der Waals surface area (Å²) < 4.78 is 39.1. The first kappa shape index (κ1) is 17.9. The van der Waals surface area contributed by atoms with Crippen LogP contribution in [0.3, 0.4) is 0 Å². The molecule has 0 fully saturated rings. The van der Waals surface area contributed by atoms with Gasteiger partial charge in [-0.05, 0) is 18.2 Å². The molecule has 1 heterocycles. The normalized spacial score (nSPS) is 9.96. The highest BCUT2D eigenvalue weighted by molar-refractivity contribution is 5.90. The van der Waals surface area contributed by atoms with Gasteiger partial charge in [-0.25, -0.2) is 9.78 Å². The van der Waals surface area contributed by atoms with Gasteiger partial charge < -0.3 is 19.9 Å². The predicted molar refractivity (Wildman–Crippen MR) is 83.4 cm³/mol. The van der Waals surface area contributed by atoms with E-state index in [9.17, 15) is 13.6 Å². The Labute approximate surface area is 141 Å². The molecule has 130 valence electrons. The second kappa shape index (κ2) is 7.92. The quantitative estimate of drug-likeness (QED) is 0.665. The van der Waals surface area contributed by atoms with Crippen molar-refractivity contribution in [2.45, 2.75) is 6.61 Å². The van der Waals surface area contributed by atoms with Crippen molar-refractivity contribution in [3.8, 4) is 23.5 Å². The first-order valence-corrected chi connectivity index (χ1v) is 6.80. The van der Waals surface area contributed by atoms with E-state index in [1.54, 1.807) is 0 Å². The van der Waals surface area contributed by atoms with Crippen molar-refractivity contribution in [3.05, 3.63) is 41.1 Å². The Balaban J connectivity index is 2.48. The van der Waals surface area contributed by atoms with Crippen molar-refractivity contribution in [2.75, 3.05) is 20.0 Å². The van der Waals surface area contributed by atoms with Crippen LogP contribution in [-0.2, 0) is 4.74 Å². The van der Waals surface area contributed by atoms with Crippen LogP contribution in [0.15, 0.2) is 24.4 Å². The van der Waals surface area contributed by atoms with Crippen LogP contribution in [0.25, 0.3) is 0 Å². The fraction of sp³-hybridized carbons (Fsp3) is 0.188. The number of hydrogen-bond acceptors (Lipinski definition) is 7. The molecule has 9 heteroatoms. The summed E-state index contributed by atoms with van der Waals surface area (Å²) in [5.74, 6) is 4.60. The average Bonchev–Trinajstić information content (AvgIpc) is 2.60. The molecule has 25 heavy (non-hydrogen) atoms. The van der Waals surface area contributed by atoms with Crippen LogP contribution in [0.1, 0.15) is 21.5 Å². The molecule has 0 atom stereocenters. The first-order chi connectivity index (χ1) is 11.9. The van der Waals surface area contributed by atoms with Gasteiger partial charge in [-0.15, -0.1) is 0 Å². The molecule has 2 aromatic rings. The number of halogens is 2. The number of aromatic nitrogens is 2. The molecule has 0 amide bonds. The maximum Gasteiger partial charge on any atom is 0.387 e. The number of alkyl halides is 2. The van der Waals surface area contributed by atoms with Crippen molar-refractivity contribution >= 4 is 11.9 Å². The number of hydrogen-bond donors (Lipinski definition) is 1. The summed E-state index contributed by atoms with van der Waals surface area (Å²) in [5, 5.41) is 0. The van der Waals surface area contributed by atoms with Crippen LogP contribution in [0.5, 0.6) is 11.6 Å². The van der Waals surface area contributed by atoms with E-state index in [-0.39, 0.29) is 34.3 Å². The molecule has 0 aliphatic rings. The Bertz CT molecular complexity index is 847. The molecule has 0 spiro atoms. The maximum absolute atomic E-state index is 12.5. The number of rotatable bonds is 4. The third-order valence-corrected chi connectivity index (χ3v) is 2.91. The van der Waals surface area contributed by atoms with E-state index in [0.717, 1.165) is 0 Å². The number of nitrogens with two attached hydrogens (primary N) is 1. The molecule has 0 aliphatic heterocycles. The van der Waals surface area contributed by atoms with E-state index in [0.29, 0.717) is 0 Å². The summed E-state index contributed by atoms with van der Waals surface area (Å²) in [6.07, 6.45) is 1.33. The largest absolute Gasteiger partial charge is 0.480 e. The summed E-state index contributed by atoms with van der Waals surface area (Å²) in [6.45, 7) is -3.04. The average molecular weight is 349 g/mol. The van der Waals surface area contributed by atoms with E-state index >= 15 is 0 Å². The van der Waals surface area contributed by atoms with Crippen LogP contribution >= 0.6 is 0 Å². The van der Waals surface area contributed by atoms with Gasteiger partial charge in [-0.3, -0.25) is 0 Å². The monoisotopic (exact) mass is 349 g/mol. The highest BCUT2D eigenvalue weighted by Gasteiger charge is 2.13. The van der Waals surface area contributed by atoms with Crippen molar-refractivity contribution in [1.29, 1.82) is 0 Å². The number of anilines is 1. The zero-order valence-corrected chi connectivity index (χ0v) is 13.2. The molecular weight excluding hydrogens is 336 g/mol. The lowest BCUT2D eigenvalue weighted by Gasteiger charge is -2.08. The summed E-state index contributed by atoms with van der Waals surface area (Å²) in [4.78, 5) is 19.2. The van der Waals surface area contributed by atoms with Crippen molar-refractivity contribution in [2.24, 2.45) is 0 Å². The van der Waals surface area contributed by atoms with Crippen LogP contribution in [0, 0.1) is 11.8 Å². The number of nitrogens with zero attached hydrogens (tertiary/aromatic N) is 2. The van der Waals surface area contributed by atoms with Gasteiger partial charge in [0.25, 0.3) is 0 Å². The van der Waals surface area contributed by atoms with Gasteiger partial charge in [0.1, 0.15) is 11.3 Å². The molecule has 1 aromatic carbocycles. The lowest BCUT2D eigenvalue weighted by atomic mass is 10.1. The molecule has 0 unspecified atom stereocenters. The second-order valence-corrected chi connectivity index (χ2v) is 4.48. The Morgan fingerprint density at radius 3 is 2.60 bits per heavy atom. The third kappa shape index (κ3) is 4.54. The summed E-state index contributed by atoms with van der Waals surface area (Å²) in [6, 6.07) is 3.78. The van der Waals surface area contributed by atoms with Crippen LogP contribution in [-0.4, -0.2) is 36.8 Å². The van der Waals surface area contributed by atoms with Gasteiger partial charge >= 0.3 is 12.6 Å². The van der Waals surface area contributed by atoms with Gasteiger partial charge in [0.2, 0.25) is 11.8 Å². The molecule has 0 bridgehead atoms. The number of benzene rings is 1. The second-order valence-electron chi connectivity index (χ2n) is 4.48. The summed E-state index contributed by atoms with van der Waals surface area (Å²) >= 11 is 0. The minimum absolute atomic E-state index is 0.00295. The lowest BCUT2D eigenvalue weighted by Crippen LogP contribution is -2.06. The molecule has 7 nitrogen and oxygen atoms in total. The van der Waals surface area contributed by atoms with Crippen molar-refractivity contribution in [1.82, 2.24) is 9.97 Å². The van der Waals surface area contributed by atoms with Crippen LogP contribution in [0.2, 0.25) is 0 Å². The first-order valence-electron chi connectivity index (χ1n) is 6.80. The summed E-state index contributed by atoms with van der Waals surface area (Å²) in [5.41, 5.74) is 5.92. The van der Waals surface area contributed by atoms with Crippen LogP contribution < -0.4 is 15.2 Å². The van der Waals surface area contributed by atoms with Crippen molar-refractivity contribution in [3.63, 3.8) is 0 Å². The number of ether oxygens (including phenoxy) is 3.